The van der Waals surface area contributed by atoms with Gasteiger partial charge in [0.2, 0.25) is 0 Å². The van der Waals surface area contributed by atoms with Gasteiger partial charge in [-0.2, -0.15) is 5.10 Å². The molecule has 124 valence electrons. The van der Waals surface area contributed by atoms with E-state index in [2.05, 4.69) is 45.3 Å². The average molecular weight is 314 g/mol. The fourth-order valence-corrected chi connectivity index (χ4v) is 3.17. The predicted molar refractivity (Wildman–Crippen MR) is 90.4 cm³/mol. The number of aromatic nitrogens is 3. The van der Waals surface area contributed by atoms with Crippen molar-refractivity contribution in [3.63, 3.8) is 0 Å². The van der Waals surface area contributed by atoms with Crippen LogP contribution in [-0.2, 0) is 17.7 Å². The van der Waals surface area contributed by atoms with Crippen LogP contribution in [0, 0.1) is 13.8 Å². The first-order valence-electron chi connectivity index (χ1n) is 8.46. The molecule has 1 aromatic carbocycles. The Morgan fingerprint density at radius 1 is 1.22 bits per heavy atom. The highest BCUT2D eigenvalue weighted by Gasteiger charge is 2.21. The van der Waals surface area contributed by atoms with Crippen LogP contribution in [0.2, 0.25) is 0 Å². The number of benzene rings is 1. The predicted octanol–water partition coefficient (Wildman–Crippen LogP) is 2.23. The molecule has 3 rings (SSSR count). The lowest BCUT2D eigenvalue weighted by atomic mass is 10.1. The monoisotopic (exact) mass is 314 g/mol. The van der Waals surface area contributed by atoms with Gasteiger partial charge < -0.3 is 4.74 Å². The van der Waals surface area contributed by atoms with Crippen molar-refractivity contribution in [3.8, 4) is 0 Å². The first-order valence-corrected chi connectivity index (χ1v) is 8.46. The van der Waals surface area contributed by atoms with Crippen molar-refractivity contribution >= 4 is 0 Å². The van der Waals surface area contributed by atoms with E-state index in [0.717, 1.165) is 50.9 Å². The van der Waals surface area contributed by atoms with Crippen LogP contribution in [0.1, 0.15) is 23.6 Å². The molecular weight excluding hydrogens is 288 g/mol. The van der Waals surface area contributed by atoms with Gasteiger partial charge in [-0.15, -0.1) is 0 Å². The average Bonchev–Trinajstić information content (AvgIpc) is 2.86. The zero-order chi connectivity index (χ0) is 16.1. The second-order valence-electron chi connectivity index (χ2n) is 6.27. The molecule has 0 aliphatic carbocycles. The number of hydrogen-bond acceptors (Lipinski definition) is 4. The second-order valence-corrected chi connectivity index (χ2v) is 6.27. The van der Waals surface area contributed by atoms with E-state index >= 15 is 0 Å². The topological polar surface area (TPSA) is 43.2 Å². The summed E-state index contributed by atoms with van der Waals surface area (Å²) in [6, 6.07) is 10.7. The minimum atomic E-state index is 0.209. The fraction of sp³-hybridized carbons (Fsp3) is 0.556. The van der Waals surface area contributed by atoms with Crippen LogP contribution in [0.4, 0.5) is 0 Å². The maximum atomic E-state index is 5.91. The van der Waals surface area contributed by atoms with E-state index in [9.17, 15) is 0 Å². The molecule has 0 spiro atoms. The highest BCUT2D eigenvalue weighted by Crippen LogP contribution is 2.10. The summed E-state index contributed by atoms with van der Waals surface area (Å²) in [5.41, 5.74) is 1.42. The van der Waals surface area contributed by atoms with Gasteiger partial charge in [-0.05, 0) is 38.8 Å². The maximum Gasteiger partial charge on any atom is 0.147 e. The lowest BCUT2D eigenvalue weighted by molar-refractivity contribution is -0.0379. The molecule has 1 aliphatic heterocycles. The number of hydrogen-bond donors (Lipinski definition) is 0. The Morgan fingerprint density at radius 3 is 2.78 bits per heavy atom. The summed E-state index contributed by atoms with van der Waals surface area (Å²) < 4.78 is 7.88. The van der Waals surface area contributed by atoms with Crippen LogP contribution in [0.15, 0.2) is 30.3 Å². The van der Waals surface area contributed by atoms with Gasteiger partial charge in [-0.25, -0.2) is 9.67 Å². The number of nitrogens with zero attached hydrogens (tertiary/aromatic N) is 4. The third kappa shape index (κ3) is 4.62. The van der Waals surface area contributed by atoms with E-state index in [1.807, 2.05) is 18.5 Å². The van der Waals surface area contributed by atoms with E-state index < -0.39 is 0 Å². The molecule has 1 aromatic heterocycles. The Labute approximate surface area is 138 Å². The molecule has 1 atom stereocenters. The van der Waals surface area contributed by atoms with E-state index in [1.165, 1.54) is 12.0 Å². The number of ether oxygens (including phenoxy) is 1. The molecule has 1 saturated heterocycles. The number of morpholine rings is 1. The normalized spacial score (nSPS) is 19.1. The quantitative estimate of drug-likeness (QED) is 0.820. The van der Waals surface area contributed by atoms with Crippen molar-refractivity contribution in [1.82, 2.24) is 19.7 Å². The Morgan fingerprint density at radius 2 is 2.04 bits per heavy atom. The number of aryl methyl sites for hydroxylation is 3. The van der Waals surface area contributed by atoms with Gasteiger partial charge in [-0.1, -0.05) is 30.3 Å². The van der Waals surface area contributed by atoms with E-state index in [0.29, 0.717) is 0 Å². The summed E-state index contributed by atoms with van der Waals surface area (Å²) >= 11 is 0. The Hall–Kier alpha value is -1.72. The van der Waals surface area contributed by atoms with E-state index in [1.54, 1.807) is 0 Å². The van der Waals surface area contributed by atoms with Crippen molar-refractivity contribution in [2.24, 2.45) is 0 Å². The van der Waals surface area contributed by atoms with Gasteiger partial charge in [0.15, 0.2) is 0 Å². The molecule has 5 nitrogen and oxygen atoms in total. The molecule has 1 fully saturated rings. The lowest BCUT2D eigenvalue weighted by Crippen LogP contribution is -2.44. The summed E-state index contributed by atoms with van der Waals surface area (Å²) in [6.45, 7) is 8.67. The van der Waals surface area contributed by atoms with Gasteiger partial charge in [-0.3, -0.25) is 4.90 Å². The first-order chi connectivity index (χ1) is 11.2. The molecule has 0 bridgehead atoms. The van der Waals surface area contributed by atoms with Crippen molar-refractivity contribution < 1.29 is 4.74 Å². The third-order valence-electron chi connectivity index (χ3n) is 4.34. The largest absolute Gasteiger partial charge is 0.374 e. The summed E-state index contributed by atoms with van der Waals surface area (Å²) in [6.07, 6.45) is 2.54. The third-order valence-corrected chi connectivity index (χ3v) is 4.34. The number of rotatable bonds is 6. The van der Waals surface area contributed by atoms with Gasteiger partial charge in [0.05, 0.1) is 19.3 Å². The van der Waals surface area contributed by atoms with Crippen LogP contribution < -0.4 is 0 Å². The van der Waals surface area contributed by atoms with E-state index in [-0.39, 0.29) is 6.10 Å². The van der Waals surface area contributed by atoms with Crippen LogP contribution in [0.3, 0.4) is 0 Å². The summed E-state index contributed by atoms with van der Waals surface area (Å²) in [7, 11) is 0. The van der Waals surface area contributed by atoms with Crippen molar-refractivity contribution in [2.45, 2.75) is 39.3 Å². The van der Waals surface area contributed by atoms with Crippen molar-refractivity contribution in [2.75, 3.05) is 26.2 Å². The molecule has 5 heteroatoms. The Kier molecular flexibility index (Phi) is 5.41. The fourth-order valence-electron chi connectivity index (χ4n) is 3.17. The zero-order valence-corrected chi connectivity index (χ0v) is 14.1. The van der Waals surface area contributed by atoms with Crippen LogP contribution in [-0.4, -0.2) is 52.0 Å². The first kappa shape index (κ1) is 16.1. The summed E-state index contributed by atoms with van der Waals surface area (Å²) in [5.74, 6) is 1.80. The molecule has 0 radical (unpaired) electrons. The van der Waals surface area contributed by atoms with Crippen LogP contribution in [0.5, 0.6) is 0 Å². The molecule has 0 N–H and O–H groups in total. The summed E-state index contributed by atoms with van der Waals surface area (Å²) in [4.78, 5) is 6.87. The smallest absolute Gasteiger partial charge is 0.147 e. The molecule has 1 aliphatic rings. The SMILES string of the molecule is Cc1nc(C)n(C[C@@H]2CN(CCCc3ccccc3)CCO2)n1. The van der Waals surface area contributed by atoms with Gasteiger partial charge in [0.1, 0.15) is 11.6 Å². The molecule has 0 amide bonds. The zero-order valence-electron chi connectivity index (χ0n) is 14.1. The molecule has 2 heterocycles. The molecule has 0 unspecified atom stereocenters. The van der Waals surface area contributed by atoms with E-state index in [4.69, 9.17) is 4.74 Å². The molecule has 23 heavy (non-hydrogen) atoms. The standard InChI is InChI=1S/C18H26N4O/c1-15-19-16(2)22(20-15)14-18-13-21(11-12-23-18)10-6-9-17-7-4-3-5-8-17/h3-5,7-8,18H,6,9-14H2,1-2H3/t18-/m0/s1. The highest BCUT2D eigenvalue weighted by atomic mass is 16.5. The minimum Gasteiger partial charge on any atom is -0.374 e. The Balaban J connectivity index is 1.45. The van der Waals surface area contributed by atoms with Gasteiger partial charge in [0.25, 0.3) is 0 Å². The van der Waals surface area contributed by atoms with Gasteiger partial charge >= 0.3 is 0 Å². The van der Waals surface area contributed by atoms with Crippen LogP contribution in [0.25, 0.3) is 0 Å². The lowest BCUT2D eigenvalue weighted by Gasteiger charge is -2.33. The minimum absolute atomic E-state index is 0.209. The van der Waals surface area contributed by atoms with Crippen molar-refractivity contribution in [1.29, 1.82) is 0 Å². The molecule has 2 aromatic rings. The molecular formula is C18H26N4O. The van der Waals surface area contributed by atoms with Gasteiger partial charge in [0, 0.05) is 13.1 Å². The Bertz CT molecular complexity index is 611. The van der Waals surface area contributed by atoms with Crippen LogP contribution >= 0.6 is 0 Å². The van der Waals surface area contributed by atoms with Crippen molar-refractivity contribution in [3.05, 3.63) is 47.5 Å². The maximum absolute atomic E-state index is 5.91. The second kappa shape index (κ2) is 7.70. The highest BCUT2D eigenvalue weighted by molar-refractivity contribution is 5.14. The summed E-state index contributed by atoms with van der Waals surface area (Å²) in [5, 5.41) is 4.44. The molecule has 0 saturated carbocycles.